The number of nitrogens with two attached hydrogens (primary N) is 1. The van der Waals surface area contributed by atoms with E-state index in [0.717, 1.165) is 25.0 Å². The molecule has 0 bridgehead atoms. The predicted molar refractivity (Wildman–Crippen MR) is 88.0 cm³/mol. The molecule has 0 aromatic heterocycles. The molecule has 4 heteroatoms. The van der Waals surface area contributed by atoms with E-state index >= 15 is 0 Å². The molecule has 0 aliphatic carbocycles. The molecule has 1 heterocycles. The van der Waals surface area contributed by atoms with Crippen molar-refractivity contribution in [3.8, 4) is 5.75 Å². The summed E-state index contributed by atoms with van der Waals surface area (Å²) < 4.78 is 17.0. The number of aryl methyl sites for hydroxylation is 1. The molecule has 0 spiro atoms. The van der Waals surface area contributed by atoms with Crippen LogP contribution in [0.2, 0.25) is 0 Å². The average Bonchev–Trinajstić information content (AvgIpc) is 2.85. The number of hydrogen-bond acceptors (Lipinski definition) is 4. The molecule has 1 fully saturated rings. The highest BCUT2D eigenvalue weighted by molar-refractivity contribution is 5.27. The van der Waals surface area contributed by atoms with Crippen LogP contribution >= 0.6 is 0 Å². The van der Waals surface area contributed by atoms with Gasteiger partial charge in [0.2, 0.25) is 0 Å². The first kappa shape index (κ1) is 17.0. The highest BCUT2D eigenvalue weighted by Crippen LogP contribution is 2.23. The van der Waals surface area contributed by atoms with Gasteiger partial charge in [0.25, 0.3) is 0 Å². The van der Waals surface area contributed by atoms with Crippen molar-refractivity contribution in [1.29, 1.82) is 0 Å². The van der Waals surface area contributed by atoms with Crippen molar-refractivity contribution < 1.29 is 14.2 Å². The van der Waals surface area contributed by atoms with Gasteiger partial charge in [-0.25, -0.2) is 0 Å². The first-order valence-electron chi connectivity index (χ1n) is 7.90. The minimum atomic E-state index is -0.496. The fraction of sp³-hybridized carbons (Fsp3) is 0.556. The largest absolute Gasteiger partial charge is 0.491 e. The first-order chi connectivity index (χ1) is 10.5. The minimum Gasteiger partial charge on any atom is -0.491 e. The topological polar surface area (TPSA) is 53.7 Å². The van der Waals surface area contributed by atoms with E-state index in [0.29, 0.717) is 13.2 Å². The van der Waals surface area contributed by atoms with E-state index in [9.17, 15) is 0 Å². The fourth-order valence-electron chi connectivity index (χ4n) is 2.45. The zero-order valence-electron chi connectivity index (χ0n) is 13.6. The van der Waals surface area contributed by atoms with Crippen molar-refractivity contribution in [2.24, 2.45) is 5.73 Å². The monoisotopic (exact) mass is 305 g/mol. The summed E-state index contributed by atoms with van der Waals surface area (Å²) in [5.41, 5.74) is 7.12. The van der Waals surface area contributed by atoms with Crippen LogP contribution in [0.5, 0.6) is 5.75 Å². The van der Waals surface area contributed by atoms with Crippen molar-refractivity contribution >= 4 is 0 Å². The quantitative estimate of drug-likeness (QED) is 0.750. The van der Waals surface area contributed by atoms with Gasteiger partial charge in [-0.05, 0) is 50.8 Å². The van der Waals surface area contributed by atoms with Crippen LogP contribution in [0.1, 0.15) is 32.3 Å². The normalized spacial score (nSPS) is 21.5. The summed E-state index contributed by atoms with van der Waals surface area (Å²) in [6, 6.07) is 8.31. The lowest BCUT2D eigenvalue weighted by Crippen LogP contribution is -2.25. The highest BCUT2D eigenvalue weighted by atomic mass is 16.7. The Morgan fingerprint density at radius 1 is 1.41 bits per heavy atom. The highest BCUT2D eigenvalue weighted by Gasteiger charge is 2.32. The molecular weight excluding hydrogens is 278 g/mol. The van der Waals surface area contributed by atoms with Gasteiger partial charge in [-0.1, -0.05) is 18.2 Å². The van der Waals surface area contributed by atoms with E-state index in [1.54, 1.807) is 6.08 Å². The second kappa shape index (κ2) is 7.77. The Balaban J connectivity index is 1.71. The van der Waals surface area contributed by atoms with Crippen molar-refractivity contribution in [2.45, 2.75) is 51.0 Å². The number of ether oxygens (including phenoxy) is 3. The first-order valence-corrected chi connectivity index (χ1v) is 7.90. The van der Waals surface area contributed by atoms with Crippen molar-refractivity contribution in [1.82, 2.24) is 0 Å². The summed E-state index contributed by atoms with van der Waals surface area (Å²) in [6.07, 6.45) is 4.85. The van der Waals surface area contributed by atoms with Gasteiger partial charge in [0, 0.05) is 6.04 Å². The van der Waals surface area contributed by atoms with Gasteiger partial charge in [-0.15, -0.1) is 6.58 Å². The van der Waals surface area contributed by atoms with Crippen LogP contribution in [0.25, 0.3) is 0 Å². The SMILES string of the molecule is C=CC(N)CCCc1ccc(OC[C@@H]2COC(C)(C)O2)cc1. The molecule has 0 saturated carbocycles. The molecule has 22 heavy (non-hydrogen) atoms. The second-order valence-corrected chi connectivity index (χ2v) is 6.20. The van der Waals surface area contributed by atoms with Crippen molar-refractivity contribution in [2.75, 3.05) is 13.2 Å². The molecule has 2 N–H and O–H groups in total. The van der Waals surface area contributed by atoms with E-state index in [2.05, 4.69) is 18.7 Å². The molecule has 4 nitrogen and oxygen atoms in total. The summed E-state index contributed by atoms with van der Waals surface area (Å²) >= 11 is 0. The third kappa shape index (κ3) is 5.44. The van der Waals surface area contributed by atoms with Crippen LogP contribution in [0.4, 0.5) is 0 Å². The Hall–Kier alpha value is -1.36. The molecule has 1 aromatic rings. The van der Waals surface area contributed by atoms with Crippen molar-refractivity contribution in [3.05, 3.63) is 42.5 Å². The van der Waals surface area contributed by atoms with E-state index in [-0.39, 0.29) is 12.1 Å². The maximum Gasteiger partial charge on any atom is 0.163 e. The second-order valence-electron chi connectivity index (χ2n) is 6.20. The van der Waals surface area contributed by atoms with Crippen LogP contribution in [0.3, 0.4) is 0 Å². The van der Waals surface area contributed by atoms with Gasteiger partial charge in [-0.3, -0.25) is 0 Å². The van der Waals surface area contributed by atoms with Gasteiger partial charge in [0.05, 0.1) is 6.61 Å². The van der Waals surface area contributed by atoms with Crippen LogP contribution in [0.15, 0.2) is 36.9 Å². The third-order valence-corrected chi connectivity index (χ3v) is 3.73. The number of hydrogen-bond donors (Lipinski definition) is 1. The lowest BCUT2D eigenvalue weighted by Gasteiger charge is -2.17. The van der Waals surface area contributed by atoms with Crippen LogP contribution in [-0.4, -0.2) is 31.1 Å². The molecule has 2 rings (SSSR count). The van der Waals surface area contributed by atoms with E-state index < -0.39 is 5.79 Å². The smallest absolute Gasteiger partial charge is 0.163 e. The lowest BCUT2D eigenvalue weighted by molar-refractivity contribution is -0.141. The minimum absolute atomic E-state index is 0.00457. The maximum atomic E-state index is 5.82. The van der Waals surface area contributed by atoms with Gasteiger partial charge in [-0.2, -0.15) is 0 Å². The molecule has 0 amide bonds. The Kier molecular flexibility index (Phi) is 6.00. The van der Waals surface area contributed by atoms with Crippen LogP contribution in [0, 0.1) is 0 Å². The Morgan fingerprint density at radius 2 is 2.14 bits per heavy atom. The molecule has 1 unspecified atom stereocenters. The fourth-order valence-corrected chi connectivity index (χ4v) is 2.45. The van der Waals surface area contributed by atoms with Gasteiger partial charge in [0.15, 0.2) is 5.79 Å². The third-order valence-electron chi connectivity index (χ3n) is 3.73. The standard InChI is InChI=1S/C18H27NO3/c1-4-15(19)7-5-6-14-8-10-16(11-9-14)20-12-17-13-21-18(2,3)22-17/h4,8-11,15,17H,1,5-7,12-13,19H2,2-3H3/t15?,17-/m1/s1. The van der Waals surface area contributed by atoms with Gasteiger partial charge >= 0.3 is 0 Å². The Morgan fingerprint density at radius 3 is 2.73 bits per heavy atom. The molecule has 2 atom stereocenters. The maximum absolute atomic E-state index is 5.82. The average molecular weight is 305 g/mol. The van der Waals surface area contributed by atoms with Gasteiger partial charge < -0.3 is 19.9 Å². The molecule has 1 saturated heterocycles. The van der Waals surface area contributed by atoms with Gasteiger partial charge in [0.1, 0.15) is 18.5 Å². The Labute approximate surface area is 133 Å². The summed E-state index contributed by atoms with van der Waals surface area (Å²) in [5, 5.41) is 0. The zero-order chi connectivity index (χ0) is 16.0. The van der Waals surface area contributed by atoms with Crippen molar-refractivity contribution in [3.63, 3.8) is 0 Å². The van der Waals surface area contributed by atoms with E-state index in [1.165, 1.54) is 5.56 Å². The summed E-state index contributed by atoms with van der Waals surface area (Å²) in [6.45, 7) is 8.62. The molecule has 1 aromatic carbocycles. The summed E-state index contributed by atoms with van der Waals surface area (Å²) in [7, 11) is 0. The molecule has 1 aliphatic rings. The predicted octanol–water partition coefficient (Wildman–Crippen LogP) is 3.05. The number of rotatable bonds is 8. The molecular formula is C18H27NO3. The van der Waals surface area contributed by atoms with Crippen LogP contribution < -0.4 is 10.5 Å². The lowest BCUT2D eigenvalue weighted by atomic mass is 10.1. The summed E-state index contributed by atoms with van der Waals surface area (Å²) in [4.78, 5) is 0. The molecule has 122 valence electrons. The molecule has 1 aliphatic heterocycles. The molecule has 0 radical (unpaired) electrons. The van der Waals surface area contributed by atoms with Crippen LogP contribution in [-0.2, 0) is 15.9 Å². The summed E-state index contributed by atoms with van der Waals surface area (Å²) in [5.74, 6) is 0.365. The number of benzene rings is 1. The van der Waals surface area contributed by atoms with E-state index in [1.807, 2.05) is 26.0 Å². The van der Waals surface area contributed by atoms with E-state index in [4.69, 9.17) is 19.9 Å². The Bertz CT molecular complexity index is 470. The zero-order valence-corrected chi connectivity index (χ0v) is 13.6.